The van der Waals surface area contributed by atoms with Crippen LogP contribution in [0.4, 0.5) is 0 Å². The molecule has 0 spiro atoms. The first-order chi connectivity index (χ1) is 4.63. The van der Waals surface area contributed by atoms with Gasteiger partial charge in [-0.25, -0.2) is 0 Å². The summed E-state index contributed by atoms with van der Waals surface area (Å²) in [6, 6.07) is 0. The van der Waals surface area contributed by atoms with Crippen LogP contribution < -0.4 is 0 Å². The number of hydrogen-bond acceptors (Lipinski definition) is 4. The summed E-state index contributed by atoms with van der Waals surface area (Å²) in [5.74, 6) is 0. The van der Waals surface area contributed by atoms with Crippen molar-refractivity contribution in [3.05, 3.63) is 0 Å². The SMILES string of the molecule is C[C@@H]1OC[C@H](O)[C@H](O)C1O. The standard InChI is InChI=1S/C6H12O4/c1-3-5(8)6(9)4(7)2-10-3/h3-9H,2H2,1H3/t3-,4-,5?,6-/m0/s1. The van der Waals surface area contributed by atoms with Gasteiger partial charge in [0.2, 0.25) is 0 Å². The molecule has 0 aromatic heterocycles. The monoisotopic (exact) mass is 148 g/mol. The Kier molecular flexibility index (Phi) is 2.25. The van der Waals surface area contributed by atoms with Gasteiger partial charge >= 0.3 is 0 Å². The summed E-state index contributed by atoms with van der Waals surface area (Å²) in [5, 5.41) is 27.0. The molecule has 0 aromatic carbocycles. The number of aliphatic hydroxyl groups is 3. The van der Waals surface area contributed by atoms with E-state index in [9.17, 15) is 0 Å². The smallest absolute Gasteiger partial charge is 0.110 e. The molecule has 0 radical (unpaired) electrons. The van der Waals surface area contributed by atoms with Crippen molar-refractivity contribution in [3.8, 4) is 0 Å². The van der Waals surface area contributed by atoms with E-state index >= 15 is 0 Å². The molecule has 4 heteroatoms. The third-order valence-corrected chi connectivity index (χ3v) is 1.75. The highest BCUT2D eigenvalue weighted by molar-refractivity contribution is 4.83. The zero-order chi connectivity index (χ0) is 7.72. The van der Waals surface area contributed by atoms with Crippen molar-refractivity contribution in [2.24, 2.45) is 0 Å². The molecule has 4 nitrogen and oxygen atoms in total. The lowest BCUT2D eigenvalue weighted by atomic mass is 10.0. The summed E-state index contributed by atoms with van der Waals surface area (Å²) in [6.07, 6.45) is -3.38. The number of hydrogen-bond donors (Lipinski definition) is 3. The molecule has 4 atom stereocenters. The predicted molar refractivity (Wildman–Crippen MR) is 33.4 cm³/mol. The molecular formula is C6H12O4. The van der Waals surface area contributed by atoms with Gasteiger partial charge in [0.1, 0.15) is 18.3 Å². The Morgan fingerprint density at radius 1 is 1.20 bits per heavy atom. The van der Waals surface area contributed by atoms with Crippen molar-refractivity contribution >= 4 is 0 Å². The van der Waals surface area contributed by atoms with Gasteiger partial charge in [0, 0.05) is 0 Å². The van der Waals surface area contributed by atoms with Gasteiger partial charge in [0.05, 0.1) is 12.7 Å². The highest BCUT2D eigenvalue weighted by atomic mass is 16.5. The fraction of sp³-hybridized carbons (Fsp3) is 1.00. The number of ether oxygens (including phenoxy) is 1. The molecule has 1 rings (SSSR count). The van der Waals surface area contributed by atoms with Gasteiger partial charge in [-0.2, -0.15) is 0 Å². The van der Waals surface area contributed by atoms with Crippen LogP contribution in [0.25, 0.3) is 0 Å². The summed E-state index contributed by atoms with van der Waals surface area (Å²) < 4.78 is 4.91. The first-order valence-corrected chi connectivity index (χ1v) is 3.28. The minimum absolute atomic E-state index is 0.0966. The van der Waals surface area contributed by atoms with Gasteiger partial charge in [-0.1, -0.05) is 0 Å². The van der Waals surface area contributed by atoms with Crippen LogP contribution in [0.3, 0.4) is 0 Å². The topological polar surface area (TPSA) is 69.9 Å². The second kappa shape index (κ2) is 2.84. The van der Waals surface area contributed by atoms with E-state index in [1.54, 1.807) is 6.92 Å². The molecule has 1 saturated heterocycles. The summed E-state index contributed by atoms with van der Waals surface area (Å²) >= 11 is 0. The van der Waals surface area contributed by atoms with Crippen LogP contribution in [0.1, 0.15) is 6.92 Å². The van der Waals surface area contributed by atoms with Gasteiger partial charge in [-0.15, -0.1) is 0 Å². The van der Waals surface area contributed by atoms with E-state index in [-0.39, 0.29) is 6.61 Å². The van der Waals surface area contributed by atoms with Crippen LogP contribution in [-0.2, 0) is 4.74 Å². The fourth-order valence-electron chi connectivity index (χ4n) is 0.953. The van der Waals surface area contributed by atoms with Crippen LogP contribution in [-0.4, -0.2) is 46.3 Å². The Hall–Kier alpha value is -0.160. The minimum atomic E-state index is -1.07. The van der Waals surface area contributed by atoms with Gasteiger partial charge in [0.15, 0.2) is 0 Å². The maximum absolute atomic E-state index is 9.08. The molecule has 10 heavy (non-hydrogen) atoms. The summed E-state index contributed by atoms with van der Waals surface area (Å²) in [5.41, 5.74) is 0. The highest BCUT2D eigenvalue weighted by Gasteiger charge is 2.34. The van der Waals surface area contributed by atoms with Crippen LogP contribution in [0.5, 0.6) is 0 Å². The van der Waals surface area contributed by atoms with Crippen molar-refractivity contribution in [1.29, 1.82) is 0 Å². The molecule has 0 amide bonds. The highest BCUT2D eigenvalue weighted by Crippen LogP contribution is 2.14. The van der Waals surface area contributed by atoms with Crippen molar-refractivity contribution in [2.75, 3.05) is 6.61 Å². The van der Waals surface area contributed by atoms with Crippen molar-refractivity contribution < 1.29 is 20.1 Å². The van der Waals surface area contributed by atoms with Crippen LogP contribution in [0.2, 0.25) is 0 Å². The third kappa shape index (κ3) is 1.29. The van der Waals surface area contributed by atoms with Crippen molar-refractivity contribution in [3.63, 3.8) is 0 Å². The molecule has 1 aliphatic rings. The Labute approximate surface area is 59.1 Å². The Bertz CT molecular complexity index is 102. The molecule has 60 valence electrons. The van der Waals surface area contributed by atoms with Crippen LogP contribution >= 0.6 is 0 Å². The first-order valence-electron chi connectivity index (χ1n) is 3.28. The van der Waals surface area contributed by atoms with Gasteiger partial charge in [-0.05, 0) is 6.92 Å². The van der Waals surface area contributed by atoms with Crippen LogP contribution in [0.15, 0.2) is 0 Å². The van der Waals surface area contributed by atoms with Crippen molar-refractivity contribution in [1.82, 2.24) is 0 Å². The Morgan fingerprint density at radius 2 is 1.80 bits per heavy atom. The maximum atomic E-state index is 9.08. The molecular weight excluding hydrogens is 136 g/mol. The van der Waals surface area contributed by atoms with E-state index < -0.39 is 24.4 Å². The second-order valence-electron chi connectivity index (χ2n) is 2.59. The lowest BCUT2D eigenvalue weighted by Crippen LogP contribution is -2.51. The first kappa shape index (κ1) is 7.94. The lowest BCUT2D eigenvalue weighted by molar-refractivity contribution is -0.181. The van der Waals surface area contributed by atoms with Gasteiger partial charge in [-0.3, -0.25) is 0 Å². The molecule has 1 aliphatic heterocycles. The molecule has 1 fully saturated rings. The average molecular weight is 148 g/mol. The normalized spacial score (nSPS) is 49.2. The zero-order valence-corrected chi connectivity index (χ0v) is 5.77. The molecule has 0 saturated carbocycles. The van der Waals surface area contributed by atoms with E-state index in [0.29, 0.717) is 0 Å². The van der Waals surface area contributed by atoms with Crippen LogP contribution in [0, 0.1) is 0 Å². The van der Waals surface area contributed by atoms with Gasteiger partial charge in [0.25, 0.3) is 0 Å². The predicted octanol–water partition coefficient (Wildman–Crippen LogP) is -1.51. The lowest BCUT2D eigenvalue weighted by Gasteiger charge is -2.33. The Morgan fingerprint density at radius 3 is 2.30 bits per heavy atom. The van der Waals surface area contributed by atoms with E-state index in [1.807, 2.05) is 0 Å². The molecule has 0 aromatic rings. The second-order valence-corrected chi connectivity index (χ2v) is 2.59. The molecule has 1 unspecified atom stereocenters. The zero-order valence-electron chi connectivity index (χ0n) is 5.77. The summed E-state index contributed by atoms with van der Waals surface area (Å²) in [4.78, 5) is 0. The quantitative estimate of drug-likeness (QED) is 0.390. The molecule has 0 bridgehead atoms. The maximum Gasteiger partial charge on any atom is 0.110 e. The molecule has 0 aliphatic carbocycles. The summed E-state index contributed by atoms with van der Waals surface area (Å²) in [6.45, 7) is 1.75. The number of rotatable bonds is 0. The molecule has 1 heterocycles. The summed E-state index contributed by atoms with van der Waals surface area (Å²) in [7, 11) is 0. The average Bonchev–Trinajstić information content (AvgIpc) is 1.93. The van der Waals surface area contributed by atoms with E-state index in [2.05, 4.69) is 0 Å². The van der Waals surface area contributed by atoms with Gasteiger partial charge < -0.3 is 20.1 Å². The van der Waals surface area contributed by atoms with Crippen molar-refractivity contribution in [2.45, 2.75) is 31.3 Å². The number of aliphatic hydroxyl groups excluding tert-OH is 3. The third-order valence-electron chi connectivity index (χ3n) is 1.75. The minimum Gasteiger partial charge on any atom is -0.388 e. The van der Waals surface area contributed by atoms with E-state index in [1.165, 1.54) is 0 Å². The van der Waals surface area contributed by atoms with E-state index in [0.717, 1.165) is 0 Å². The Balaban J connectivity index is 2.52. The largest absolute Gasteiger partial charge is 0.388 e. The molecule has 3 N–H and O–H groups in total. The van der Waals surface area contributed by atoms with E-state index in [4.69, 9.17) is 20.1 Å². The fourth-order valence-corrected chi connectivity index (χ4v) is 0.953.